The van der Waals surface area contributed by atoms with Gasteiger partial charge in [-0.1, -0.05) is 18.2 Å². The lowest BCUT2D eigenvalue weighted by atomic mass is 10.1. The van der Waals surface area contributed by atoms with Gasteiger partial charge in [0.05, 0.1) is 23.7 Å². The van der Waals surface area contributed by atoms with Gasteiger partial charge >= 0.3 is 0 Å². The zero-order valence-corrected chi connectivity index (χ0v) is 20.6. The van der Waals surface area contributed by atoms with Crippen LogP contribution < -0.4 is 16.2 Å². The molecule has 2 saturated heterocycles. The number of thiophene rings is 1. The number of nitrogens with two attached hydrogens (primary N) is 1. The topological polar surface area (TPSA) is 111 Å². The second-order valence-electron chi connectivity index (χ2n) is 9.34. The molecule has 10 heteroatoms. The lowest BCUT2D eigenvalue weighted by molar-refractivity contribution is 0.0666. The highest BCUT2D eigenvalue weighted by Crippen LogP contribution is 2.27. The molecule has 0 aliphatic carbocycles. The van der Waals surface area contributed by atoms with E-state index in [0.29, 0.717) is 46.9 Å². The van der Waals surface area contributed by atoms with Crippen LogP contribution in [0.4, 0.5) is 5.95 Å². The summed E-state index contributed by atoms with van der Waals surface area (Å²) in [4.78, 5) is 38.2. The summed E-state index contributed by atoms with van der Waals surface area (Å²) in [5.41, 5.74) is 8.30. The number of piperazine rings is 1. The standard InChI is InChI=1S/C25H29N7O2S/c1-29-9-11-30(12-10-29)23(33)20-16-35-22-21(20)28-25(31-8-4-7-19(27)15-31)32(24(22)34)14-18-6-3-2-5-17(18)13-26/h2-3,5-6,16,19H,4,7-12,14-15,27H2,1H3. The molecule has 35 heavy (non-hydrogen) atoms. The molecule has 1 aromatic carbocycles. The molecule has 1 amide bonds. The third-order valence-corrected chi connectivity index (χ3v) is 7.84. The van der Waals surface area contributed by atoms with E-state index in [9.17, 15) is 14.9 Å². The van der Waals surface area contributed by atoms with Crippen LogP contribution in [-0.4, -0.2) is 77.6 Å². The number of anilines is 1. The number of aromatic nitrogens is 2. The van der Waals surface area contributed by atoms with E-state index in [2.05, 4.69) is 11.0 Å². The van der Waals surface area contributed by atoms with E-state index < -0.39 is 0 Å². The first-order chi connectivity index (χ1) is 17.0. The van der Waals surface area contributed by atoms with Crippen LogP contribution in [0.5, 0.6) is 0 Å². The fourth-order valence-electron chi connectivity index (χ4n) is 4.83. The molecule has 2 aliphatic rings. The first-order valence-electron chi connectivity index (χ1n) is 11.9. The van der Waals surface area contributed by atoms with Crippen LogP contribution in [0.1, 0.15) is 34.3 Å². The molecule has 2 fully saturated rings. The largest absolute Gasteiger partial charge is 0.341 e. The van der Waals surface area contributed by atoms with Gasteiger partial charge in [0, 0.05) is 50.7 Å². The van der Waals surface area contributed by atoms with Crippen molar-refractivity contribution in [3.63, 3.8) is 0 Å². The van der Waals surface area contributed by atoms with Crippen LogP contribution in [-0.2, 0) is 6.54 Å². The Labute approximate surface area is 208 Å². The number of hydrogen-bond donors (Lipinski definition) is 1. The van der Waals surface area contributed by atoms with Crippen molar-refractivity contribution in [2.75, 3.05) is 51.2 Å². The molecule has 1 unspecified atom stereocenters. The minimum atomic E-state index is -0.195. The Morgan fingerprint density at radius 3 is 2.74 bits per heavy atom. The highest BCUT2D eigenvalue weighted by Gasteiger charge is 2.28. The molecule has 0 radical (unpaired) electrons. The lowest BCUT2D eigenvalue weighted by Gasteiger charge is -2.33. The maximum atomic E-state index is 13.8. The number of likely N-dealkylation sites (N-methyl/N-ethyl adjacent to an activating group) is 1. The molecule has 5 rings (SSSR count). The van der Waals surface area contributed by atoms with Crippen molar-refractivity contribution < 1.29 is 4.79 Å². The minimum absolute atomic E-state index is 0.00916. The first-order valence-corrected chi connectivity index (χ1v) is 12.8. The number of carbonyl (C=O) groups excluding carboxylic acids is 1. The molecule has 4 heterocycles. The van der Waals surface area contributed by atoms with Crippen molar-refractivity contribution in [2.24, 2.45) is 5.73 Å². The van der Waals surface area contributed by atoms with Gasteiger partial charge in [-0.15, -0.1) is 11.3 Å². The van der Waals surface area contributed by atoms with Crippen molar-refractivity contribution in [3.8, 4) is 6.07 Å². The second-order valence-corrected chi connectivity index (χ2v) is 10.2. The van der Waals surface area contributed by atoms with Gasteiger partial charge in [-0.2, -0.15) is 5.26 Å². The number of carbonyl (C=O) groups is 1. The summed E-state index contributed by atoms with van der Waals surface area (Å²) in [6.45, 7) is 4.50. The summed E-state index contributed by atoms with van der Waals surface area (Å²) < 4.78 is 2.10. The maximum Gasteiger partial charge on any atom is 0.273 e. The predicted octanol–water partition coefficient (Wildman–Crippen LogP) is 1.69. The maximum absolute atomic E-state index is 13.8. The van der Waals surface area contributed by atoms with Gasteiger partial charge in [0.15, 0.2) is 0 Å². The highest BCUT2D eigenvalue weighted by atomic mass is 32.1. The number of fused-ring (bicyclic) bond motifs is 1. The SMILES string of the molecule is CN1CCN(C(=O)c2csc3c(=O)n(Cc4ccccc4C#N)c(N4CCCC(N)C4)nc23)CC1. The van der Waals surface area contributed by atoms with Crippen LogP contribution in [0.3, 0.4) is 0 Å². The second kappa shape index (κ2) is 9.77. The molecule has 2 aliphatic heterocycles. The molecular formula is C25H29N7O2S. The number of nitrogens with zero attached hydrogens (tertiary/aromatic N) is 6. The van der Waals surface area contributed by atoms with Gasteiger partial charge in [0.2, 0.25) is 5.95 Å². The predicted molar refractivity (Wildman–Crippen MR) is 137 cm³/mol. The van der Waals surface area contributed by atoms with Gasteiger partial charge in [-0.05, 0) is 31.5 Å². The summed E-state index contributed by atoms with van der Waals surface area (Å²) >= 11 is 1.26. The van der Waals surface area contributed by atoms with Crippen molar-refractivity contribution in [3.05, 3.63) is 56.7 Å². The van der Waals surface area contributed by atoms with Gasteiger partial charge in [-0.25, -0.2) is 4.98 Å². The Hall–Kier alpha value is -3.26. The first kappa shape index (κ1) is 23.5. The van der Waals surface area contributed by atoms with Gasteiger partial charge in [0.1, 0.15) is 10.2 Å². The zero-order chi connectivity index (χ0) is 24.5. The molecule has 0 saturated carbocycles. The molecule has 182 valence electrons. The summed E-state index contributed by atoms with van der Waals surface area (Å²) in [7, 11) is 2.05. The molecule has 2 aromatic heterocycles. The average molecular weight is 492 g/mol. The fraction of sp³-hybridized carbons (Fsp3) is 0.440. The van der Waals surface area contributed by atoms with Gasteiger partial charge in [0.25, 0.3) is 11.5 Å². The Kier molecular flexibility index (Phi) is 6.56. The number of hydrogen-bond acceptors (Lipinski definition) is 8. The Morgan fingerprint density at radius 1 is 1.23 bits per heavy atom. The lowest BCUT2D eigenvalue weighted by Crippen LogP contribution is -2.47. The summed E-state index contributed by atoms with van der Waals surface area (Å²) in [5.74, 6) is 0.432. The minimum Gasteiger partial charge on any atom is -0.341 e. The number of rotatable bonds is 4. The number of nitriles is 1. The van der Waals surface area contributed by atoms with Crippen LogP contribution in [0.15, 0.2) is 34.4 Å². The molecule has 9 nitrogen and oxygen atoms in total. The van der Waals surface area contributed by atoms with Crippen LogP contribution in [0.25, 0.3) is 10.2 Å². The van der Waals surface area contributed by atoms with E-state index in [1.54, 1.807) is 16.0 Å². The van der Waals surface area contributed by atoms with E-state index in [1.165, 1.54) is 11.3 Å². The van der Waals surface area contributed by atoms with Crippen molar-refractivity contribution >= 4 is 33.4 Å². The molecule has 0 spiro atoms. The van der Waals surface area contributed by atoms with E-state index >= 15 is 0 Å². The van der Waals surface area contributed by atoms with Crippen molar-refractivity contribution in [1.82, 2.24) is 19.4 Å². The van der Waals surface area contributed by atoms with E-state index in [-0.39, 0.29) is 24.1 Å². The van der Waals surface area contributed by atoms with Crippen molar-refractivity contribution in [1.29, 1.82) is 5.26 Å². The molecule has 0 bridgehead atoms. The van der Waals surface area contributed by atoms with Crippen LogP contribution >= 0.6 is 11.3 Å². The quantitative estimate of drug-likeness (QED) is 0.591. The number of benzene rings is 1. The van der Waals surface area contributed by atoms with Crippen LogP contribution in [0, 0.1) is 11.3 Å². The third kappa shape index (κ3) is 4.55. The Morgan fingerprint density at radius 2 is 2.00 bits per heavy atom. The summed E-state index contributed by atoms with van der Waals surface area (Å²) in [6.07, 6.45) is 1.83. The van der Waals surface area contributed by atoms with E-state index in [1.807, 2.05) is 35.0 Å². The van der Waals surface area contributed by atoms with Gasteiger partial charge < -0.3 is 20.4 Å². The third-order valence-electron chi connectivity index (χ3n) is 6.89. The van der Waals surface area contributed by atoms with Gasteiger partial charge in [-0.3, -0.25) is 14.2 Å². The molecule has 2 N–H and O–H groups in total. The smallest absolute Gasteiger partial charge is 0.273 e. The Bertz CT molecular complexity index is 1350. The average Bonchev–Trinajstić information content (AvgIpc) is 3.30. The molecular weight excluding hydrogens is 462 g/mol. The van der Waals surface area contributed by atoms with E-state index in [4.69, 9.17) is 10.7 Å². The summed E-state index contributed by atoms with van der Waals surface area (Å²) in [5, 5.41) is 11.3. The Balaban J connectivity index is 1.61. The fourth-order valence-corrected chi connectivity index (χ4v) is 5.76. The van der Waals surface area contributed by atoms with Crippen molar-refractivity contribution in [2.45, 2.75) is 25.4 Å². The normalized spacial score (nSPS) is 19.2. The number of amides is 1. The van der Waals surface area contributed by atoms with E-state index in [0.717, 1.165) is 38.0 Å². The number of piperidine rings is 1. The van der Waals surface area contributed by atoms with Crippen LogP contribution in [0.2, 0.25) is 0 Å². The summed E-state index contributed by atoms with van der Waals surface area (Å²) in [6, 6.07) is 9.49. The molecule has 1 atom stereocenters. The zero-order valence-electron chi connectivity index (χ0n) is 19.8. The monoisotopic (exact) mass is 491 g/mol. The highest BCUT2D eigenvalue weighted by molar-refractivity contribution is 7.17. The molecule has 3 aromatic rings.